The highest BCUT2D eigenvalue weighted by atomic mass is 32.1. The van der Waals surface area contributed by atoms with Crippen LogP contribution in [0.4, 0.5) is 16.5 Å². The molecule has 0 saturated carbocycles. The van der Waals surface area contributed by atoms with Gasteiger partial charge in [-0.25, -0.2) is 4.98 Å². The van der Waals surface area contributed by atoms with E-state index in [1.54, 1.807) is 18.4 Å². The number of pyridine rings is 1. The number of nitrogens with two attached hydrogens (primary N) is 1. The van der Waals surface area contributed by atoms with Gasteiger partial charge >= 0.3 is 0 Å². The second-order valence-electron chi connectivity index (χ2n) is 8.15. The van der Waals surface area contributed by atoms with Crippen LogP contribution in [0.5, 0.6) is 0 Å². The molecule has 7 nitrogen and oxygen atoms in total. The first-order valence-electron chi connectivity index (χ1n) is 11.5. The monoisotopic (exact) mass is 493 g/mol. The van der Waals surface area contributed by atoms with Crippen molar-refractivity contribution in [1.82, 2.24) is 10.3 Å². The van der Waals surface area contributed by atoms with Crippen LogP contribution in [-0.4, -0.2) is 10.9 Å². The van der Waals surface area contributed by atoms with Crippen molar-refractivity contribution in [2.45, 2.75) is 19.9 Å². The standard InChI is InChI=1S/C28H23N5O2S/c1-2-17-10-12-19(13-11-17)32-28-23(27(34)31-16-20-9-6-14-35-20)24-25(36-28)22(18-7-4-3-5-8-18)21(15-29)26(30)33-24/h3-14,32H,2,16H2,1H3,(H2,30,33)(H,31,34). The number of hydrogen-bond acceptors (Lipinski definition) is 7. The Bertz CT molecular complexity index is 1570. The van der Waals surface area contributed by atoms with Crippen molar-refractivity contribution >= 4 is 44.0 Å². The summed E-state index contributed by atoms with van der Waals surface area (Å²) in [6.07, 6.45) is 2.50. The number of nitrogens with zero attached hydrogens (tertiary/aromatic N) is 2. The minimum Gasteiger partial charge on any atom is -0.467 e. The predicted molar refractivity (Wildman–Crippen MR) is 143 cm³/mol. The van der Waals surface area contributed by atoms with Crippen LogP contribution >= 0.6 is 11.3 Å². The Labute approximate surface area is 212 Å². The average molecular weight is 494 g/mol. The fraction of sp³-hybridized carbons (Fsp3) is 0.107. The van der Waals surface area contributed by atoms with E-state index in [1.807, 2.05) is 54.6 Å². The molecule has 1 amide bonds. The molecule has 8 heteroatoms. The van der Waals surface area contributed by atoms with Gasteiger partial charge in [0.2, 0.25) is 0 Å². The smallest absolute Gasteiger partial charge is 0.256 e. The number of hydrogen-bond donors (Lipinski definition) is 3. The molecule has 3 heterocycles. The lowest BCUT2D eigenvalue weighted by Crippen LogP contribution is -2.23. The van der Waals surface area contributed by atoms with Crippen LogP contribution in [0.25, 0.3) is 21.3 Å². The molecule has 3 aromatic heterocycles. The number of furan rings is 1. The maximum Gasteiger partial charge on any atom is 0.256 e. The number of benzene rings is 2. The zero-order chi connectivity index (χ0) is 25.1. The number of fused-ring (bicyclic) bond motifs is 1. The number of nitrogens with one attached hydrogen (secondary N) is 2. The lowest BCUT2D eigenvalue weighted by molar-refractivity contribution is 0.0950. The summed E-state index contributed by atoms with van der Waals surface area (Å²) in [6.45, 7) is 2.33. The van der Waals surface area contributed by atoms with Crippen LogP contribution in [0, 0.1) is 11.3 Å². The Balaban J connectivity index is 1.68. The second-order valence-corrected chi connectivity index (χ2v) is 9.17. The summed E-state index contributed by atoms with van der Waals surface area (Å²) in [4.78, 5) is 18.0. The number of thiophene rings is 1. The molecule has 0 atom stereocenters. The number of anilines is 3. The van der Waals surface area contributed by atoms with Crippen molar-refractivity contribution < 1.29 is 9.21 Å². The summed E-state index contributed by atoms with van der Waals surface area (Å²) in [7, 11) is 0. The van der Waals surface area contributed by atoms with Gasteiger partial charge in [0.25, 0.3) is 5.91 Å². The Morgan fingerprint density at radius 1 is 1.11 bits per heavy atom. The Hall–Kier alpha value is -4.61. The maximum absolute atomic E-state index is 13.5. The molecule has 0 spiro atoms. The lowest BCUT2D eigenvalue weighted by Gasteiger charge is -2.10. The minimum atomic E-state index is -0.319. The van der Waals surface area contributed by atoms with Crippen LogP contribution in [-0.2, 0) is 13.0 Å². The largest absolute Gasteiger partial charge is 0.467 e. The van der Waals surface area contributed by atoms with E-state index in [-0.39, 0.29) is 23.8 Å². The summed E-state index contributed by atoms with van der Waals surface area (Å²) < 4.78 is 6.07. The third-order valence-corrected chi connectivity index (χ3v) is 6.99. The Morgan fingerprint density at radius 3 is 2.56 bits per heavy atom. The van der Waals surface area contributed by atoms with Crippen LogP contribution in [0.1, 0.15) is 34.2 Å². The van der Waals surface area contributed by atoms with E-state index in [4.69, 9.17) is 10.2 Å². The molecular weight excluding hydrogens is 470 g/mol. The SMILES string of the molecule is CCc1ccc(Nc2sc3c(-c4ccccc4)c(C#N)c(N)nc3c2C(=O)NCc2ccco2)cc1. The Morgan fingerprint density at radius 2 is 1.89 bits per heavy atom. The molecule has 4 N–H and O–H groups in total. The fourth-order valence-corrected chi connectivity index (χ4v) is 5.26. The normalized spacial score (nSPS) is 10.8. The van der Waals surface area contributed by atoms with E-state index >= 15 is 0 Å². The highest BCUT2D eigenvalue weighted by Crippen LogP contribution is 2.44. The van der Waals surface area contributed by atoms with Gasteiger partial charge in [-0.05, 0) is 41.8 Å². The highest BCUT2D eigenvalue weighted by Gasteiger charge is 2.26. The van der Waals surface area contributed by atoms with Gasteiger partial charge in [-0.15, -0.1) is 11.3 Å². The van der Waals surface area contributed by atoms with Gasteiger partial charge in [-0.2, -0.15) is 5.26 Å². The molecule has 0 fully saturated rings. The number of amides is 1. The van der Waals surface area contributed by atoms with E-state index in [1.165, 1.54) is 16.9 Å². The maximum atomic E-state index is 13.5. The minimum absolute atomic E-state index is 0.0839. The van der Waals surface area contributed by atoms with Gasteiger partial charge in [0, 0.05) is 11.3 Å². The van der Waals surface area contributed by atoms with Crippen molar-refractivity contribution in [1.29, 1.82) is 5.26 Å². The van der Waals surface area contributed by atoms with Gasteiger partial charge in [0.15, 0.2) is 0 Å². The fourth-order valence-electron chi connectivity index (χ4n) is 4.03. The first-order chi connectivity index (χ1) is 17.6. The number of aryl methyl sites for hydroxylation is 1. The molecule has 0 saturated heterocycles. The molecule has 0 bridgehead atoms. The van der Waals surface area contributed by atoms with Crippen molar-refractivity contribution in [3.63, 3.8) is 0 Å². The van der Waals surface area contributed by atoms with Gasteiger partial charge in [-0.1, -0.05) is 49.4 Å². The van der Waals surface area contributed by atoms with Gasteiger partial charge in [-0.3, -0.25) is 4.79 Å². The van der Waals surface area contributed by atoms with Crippen molar-refractivity contribution in [3.8, 4) is 17.2 Å². The zero-order valence-corrected chi connectivity index (χ0v) is 20.4. The quantitative estimate of drug-likeness (QED) is 0.247. The number of nitrogen functional groups attached to an aromatic ring is 1. The van der Waals surface area contributed by atoms with E-state index in [2.05, 4.69) is 28.6 Å². The molecule has 0 radical (unpaired) electrons. The van der Waals surface area contributed by atoms with E-state index in [0.29, 0.717) is 32.1 Å². The van der Waals surface area contributed by atoms with Crippen molar-refractivity contribution in [3.05, 3.63) is 95.4 Å². The summed E-state index contributed by atoms with van der Waals surface area (Å²) in [5, 5.41) is 16.8. The van der Waals surface area contributed by atoms with Crippen molar-refractivity contribution in [2.75, 3.05) is 11.1 Å². The topological polar surface area (TPSA) is 117 Å². The first-order valence-corrected chi connectivity index (χ1v) is 12.3. The summed E-state index contributed by atoms with van der Waals surface area (Å²) >= 11 is 1.38. The summed E-state index contributed by atoms with van der Waals surface area (Å²) in [6, 6.07) is 23.4. The van der Waals surface area contributed by atoms with Crippen LogP contribution in [0.2, 0.25) is 0 Å². The zero-order valence-electron chi connectivity index (χ0n) is 19.5. The number of aromatic nitrogens is 1. The highest BCUT2D eigenvalue weighted by molar-refractivity contribution is 7.24. The van der Waals surface area contributed by atoms with Crippen LogP contribution in [0.3, 0.4) is 0 Å². The molecule has 36 heavy (non-hydrogen) atoms. The lowest BCUT2D eigenvalue weighted by atomic mass is 10.00. The summed E-state index contributed by atoms with van der Waals surface area (Å²) in [5.41, 5.74) is 10.9. The molecule has 2 aromatic carbocycles. The first kappa shape index (κ1) is 23.1. The third-order valence-electron chi connectivity index (χ3n) is 5.87. The molecule has 0 aliphatic heterocycles. The average Bonchev–Trinajstić information content (AvgIpc) is 3.55. The third kappa shape index (κ3) is 4.40. The van der Waals surface area contributed by atoms with Gasteiger partial charge in [0.05, 0.1) is 23.0 Å². The predicted octanol–water partition coefficient (Wildman–Crippen LogP) is 6.25. The molecule has 0 unspecified atom stereocenters. The Kier molecular flexibility index (Phi) is 6.39. The molecular formula is C28H23N5O2S. The number of carbonyl (C=O) groups excluding carboxylic acids is 1. The van der Waals surface area contributed by atoms with Gasteiger partial charge in [0.1, 0.15) is 33.8 Å². The van der Waals surface area contributed by atoms with E-state index in [0.717, 1.165) is 17.7 Å². The van der Waals surface area contributed by atoms with E-state index < -0.39 is 0 Å². The molecule has 178 valence electrons. The van der Waals surface area contributed by atoms with Gasteiger partial charge < -0.3 is 20.8 Å². The second kappa shape index (κ2) is 9.94. The van der Waals surface area contributed by atoms with E-state index in [9.17, 15) is 10.1 Å². The number of carbonyl (C=O) groups is 1. The van der Waals surface area contributed by atoms with Crippen LogP contribution < -0.4 is 16.4 Å². The molecule has 0 aliphatic carbocycles. The summed E-state index contributed by atoms with van der Waals surface area (Å²) in [5.74, 6) is 0.401. The van der Waals surface area contributed by atoms with Crippen molar-refractivity contribution in [2.24, 2.45) is 0 Å². The number of rotatable bonds is 7. The molecule has 5 rings (SSSR count). The number of nitriles is 1. The molecule has 0 aliphatic rings. The molecule has 5 aromatic rings. The van der Waals surface area contributed by atoms with Crippen LogP contribution in [0.15, 0.2) is 77.4 Å².